The molecule has 0 saturated heterocycles. The second-order valence-electron chi connectivity index (χ2n) is 7.44. The second-order valence-corrected chi connectivity index (χ2v) is 7.44. The molecule has 0 spiro atoms. The zero-order valence-corrected chi connectivity index (χ0v) is 16.8. The molecule has 2 aromatic carbocycles. The molecule has 4 rings (SSSR count). The van der Waals surface area contributed by atoms with E-state index >= 15 is 0 Å². The maximum Gasteiger partial charge on any atom is 0.320 e. The molecule has 3 N–H and O–H groups in total. The monoisotopic (exact) mass is 417 g/mol. The molecule has 2 aliphatic heterocycles. The molecule has 156 valence electrons. The molecule has 2 aliphatic rings. The Morgan fingerprint density at radius 1 is 1.23 bits per heavy atom. The average Bonchev–Trinajstić information content (AvgIpc) is 2.90. The summed E-state index contributed by atoms with van der Waals surface area (Å²) >= 11 is 0. The van der Waals surface area contributed by atoms with Crippen molar-refractivity contribution in [1.29, 1.82) is 0 Å². The third-order valence-electron chi connectivity index (χ3n) is 5.33. The van der Waals surface area contributed by atoms with E-state index in [1.165, 1.54) is 13.0 Å². The minimum Gasteiger partial charge on any atom is -0.509 e. The second kappa shape index (κ2) is 8.18. The van der Waals surface area contributed by atoms with Crippen molar-refractivity contribution in [2.24, 2.45) is 0 Å². The van der Waals surface area contributed by atoms with Crippen LogP contribution in [0.15, 0.2) is 48.0 Å². The topological polar surface area (TPSA) is 108 Å². The lowest BCUT2D eigenvalue weighted by molar-refractivity contribution is -0.150. The number of benzene rings is 2. The number of nitrogens with one attached hydrogen (secondary N) is 2. The van der Waals surface area contributed by atoms with Crippen LogP contribution in [0.2, 0.25) is 0 Å². The summed E-state index contributed by atoms with van der Waals surface area (Å²) in [5.74, 6) is -0.935. The molecular formula is C22H20BN3O5. The molecule has 31 heavy (non-hydrogen) atoms. The minimum atomic E-state index is -0.568. The number of carbonyl (C=O) groups is 3. The lowest BCUT2D eigenvalue weighted by atomic mass is 9.87. The van der Waals surface area contributed by atoms with E-state index in [-0.39, 0.29) is 36.3 Å². The number of hydrogen-bond acceptors (Lipinski definition) is 5. The Labute approximate surface area is 180 Å². The number of aromatic hydroxyl groups is 1. The summed E-state index contributed by atoms with van der Waals surface area (Å²) in [7, 11) is 5.87. The number of esters is 1. The van der Waals surface area contributed by atoms with Crippen LogP contribution in [0.4, 0.5) is 4.79 Å². The average molecular weight is 417 g/mol. The molecule has 0 aliphatic carbocycles. The van der Waals surface area contributed by atoms with Crippen molar-refractivity contribution in [1.82, 2.24) is 15.5 Å². The predicted octanol–water partition coefficient (Wildman–Crippen LogP) is 0.856. The minimum absolute atomic E-state index is 0.0531. The highest BCUT2D eigenvalue weighted by molar-refractivity contribution is 6.34. The fourth-order valence-electron chi connectivity index (χ4n) is 3.84. The summed E-state index contributed by atoms with van der Waals surface area (Å²) in [6.45, 7) is 1.38. The number of ether oxygens (including phenoxy) is 1. The lowest BCUT2D eigenvalue weighted by Gasteiger charge is -2.32. The SMILES string of the molecule is [B]c1cc(C2NC(=O)NC3=C2CN(C(=O)COC(C)=O)Cc2ccccc23)ccc1O. The molecule has 0 aromatic heterocycles. The Kier molecular flexibility index (Phi) is 5.41. The van der Waals surface area contributed by atoms with Crippen LogP contribution in [0, 0.1) is 0 Å². The Balaban J connectivity index is 1.80. The van der Waals surface area contributed by atoms with Crippen molar-refractivity contribution in [3.63, 3.8) is 0 Å². The molecule has 2 heterocycles. The first kappa shape index (κ1) is 20.5. The molecule has 2 radical (unpaired) electrons. The number of rotatable bonds is 3. The van der Waals surface area contributed by atoms with E-state index in [0.717, 1.165) is 16.7 Å². The van der Waals surface area contributed by atoms with Gasteiger partial charge in [-0.25, -0.2) is 4.79 Å². The van der Waals surface area contributed by atoms with E-state index in [1.54, 1.807) is 17.0 Å². The third-order valence-corrected chi connectivity index (χ3v) is 5.33. The number of nitrogens with zero attached hydrogens (tertiary/aromatic N) is 1. The molecule has 1 unspecified atom stereocenters. The van der Waals surface area contributed by atoms with Gasteiger partial charge in [-0.1, -0.05) is 41.9 Å². The molecule has 3 amide bonds. The van der Waals surface area contributed by atoms with Gasteiger partial charge in [0.1, 0.15) is 13.6 Å². The van der Waals surface area contributed by atoms with E-state index in [2.05, 4.69) is 10.6 Å². The van der Waals surface area contributed by atoms with Crippen LogP contribution in [-0.2, 0) is 20.9 Å². The summed E-state index contributed by atoms with van der Waals surface area (Å²) in [5, 5.41) is 15.5. The maximum atomic E-state index is 12.8. The largest absolute Gasteiger partial charge is 0.509 e. The number of phenols is 1. The van der Waals surface area contributed by atoms with Gasteiger partial charge in [-0.15, -0.1) is 0 Å². The van der Waals surface area contributed by atoms with Crippen molar-refractivity contribution < 1.29 is 24.2 Å². The van der Waals surface area contributed by atoms with E-state index in [0.29, 0.717) is 17.8 Å². The van der Waals surface area contributed by atoms with E-state index < -0.39 is 12.0 Å². The quantitative estimate of drug-likeness (QED) is 0.507. The maximum absolute atomic E-state index is 12.8. The van der Waals surface area contributed by atoms with Crippen molar-refractivity contribution in [2.45, 2.75) is 19.5 Å². The Hall–Kier alpha value is -3.75. The van der Waals surface area contributed by atoms with Crippen molar-refractivity contribution in [2.75, 3.05) is 13.2 Å². The number of carbonyl (C=O) groups excluding carboxylic acids is 3. The molecule has 0 bridgehead atoms. The van der Waals surface area contributed by atoms with Crippen molar-refractivity contribution in [3.8, 4) is 5.75 Å². The molecule has 8 nitrogen and oxygen atoms in total. The summed E-state index contributed by atoms with van der Waals surface area (Å²) in [6, 6.07) is 11.3. The van der Waals surface area contributed by atoms with Gasteiger partial charge in [0.05, 0.1) is 11.7 Å². The molecule has 1 atom stereocenters. The third kappa shape index (κ3) is 4.12. The Morgan fingerprint density at radius 2 is 2.00 bits per heavy atom. The summed E-state index contributed by atoms with van der Waals surface area (Å²) in [4.78, 5) is 38.1. The Morgan fingerprint density at radius 3 is 2.74 bits per heavy atom. The van der Waals surface area contributed by atoms with E-state index in [9.17, 15) is 19.5 Å². The molecular weight excluding hydrogens is 397 g/mol. The molecule has 0 fully saturated rings. The van der Waals surface area contributed by atoms with Crippen LogP contribution in [-0.4, -0.2) is 48.9 Å². The van der Waals surface area contributed by atoms with Crippen LogP contribution in [0.25, 0.3) is 5.70 Å². The predicted molar refractivity (Wildman–Crippen MR) is 113 cm³/mol. The van der Waals surface area contributed by atoms with Gasteiger partial charge in [-0.2, -0.15) is 0 Å². The van der Waals surface area contributed by atoms with Gasteiger partial charge < -0.3 is 25.4 Å². The first-order valence-electron chi connectivity index (χ1n) is 9.72. The van der Waals surface area contributed by atoms with Crippen LogP contribution in [0.1, 0.15) is 29.7 Å². The van der Waals surface area contributed by atoms with Crippen LogP contribution in [0.3, 0.4) is 0 Å². The highest BCUT2D eigenvalue weighted by Crippen LogP contribution is 2.35. The van der Waals surface area contributed by atoms with Crippen LogP contribution >= 0.6 is 0 Å². The standard InChI is InChI=1S/C22H20BN3O5/c1-12(27)31-11-19(29)26-9-14-4-2-3-5-15(14)21-16(10-26)20(24-22(30)25-21)13-6-7-18(28)17(23)8-13/h2-8,20,28H,9-11H2,1H3,(H2,24,25,30). The van der Waals surface area contributed by atoms with Gasteiger partial charge in [0.2, 0.25) is 0 Å². The number of fused-ring (bicyclic) bond motifs is 2. The van der Waals surface area contributed by atoms with Crippen molar-refractivity contribution in [3.05, 3.63) is 64.7 Å². The normalized spacial score (nSPS) is 17.6. The van der Waals surface area contributed by atoms with Gasteiger partial charge >= 0.3 is 12.0 Å². The number of hydrogen-bond donors (Lipinski definition) is 3. The van der Waals surface area contributed by atoms with Gasteiger partial charge in [-0.3, -0.25) is 9.59 Å². The Bertz CT molecular complexity index is 1110. The summed E-state index contributed by atoms with van der Waals surface area (Å²) in [5.41, 5.74) is 3.90. The smallest absolute Gasteiger partial charge is 0.320 e. The fourth-order valence-corrected chi connectivity index (χ4v) is 3.84. The summed E-state index contributed by atoms with van der Waals surface area (Å²) in [6.07, 6.45) is 0. The number of urea groups is 1. The first-order valence-corrected chi connectivity index (χ1v) is 9.72. The number of phenolic OH excluding ortho intramolecular Hbond substituents is 1. The highest BCUT2D eigenvalue weighted by Gasteiger charge is 2.34. The van der Waals surface area contributed by atoms with Gasteiger partial charge in [0.25, 0.3) is 5.91 Å². The number of amides is 3. The fraction of sp³-hybridized carbons (Fsp3) is 0.227. The van der Waals surface area contributed by atoms with Crippen molar-refractivity contribution >= 4 is 36.9 Å². The van der Waals surface area contributed by atoms with Crippen LogP contribution < -0.4 is 16.1 Å². The van der Waals surface area contributed by atoms with Gasteiger partial charge in [-0.05, 0) is 17.2 Å². The molecule has 9 heteroatoms. The summed E-state index contributed by atoms with van der Waals surface area (Å²) < 4.78 is 4.90. The van der Waals surface area contributed by atoms with Crippen LogP contribution in [0.5, 0.6) is 5.75 Å². The van der Waals surface area contributed by atoms with E-state index in [4.69, 9.17) is 12.6 Å². The first-order chi connectivity index (χ1) is 14.8. The van der Waals surface area contributed by atoms with Gasteiger partial charge in [0, 0.05) is 31.1 Å². The lowest BCUT2D eigenvalue weighted by Crippen LogP contribution is -2.46. The molecule has 0 saturated carbocycles. The highest BCUT2D eigenvalue weighted by atomic mass is 16.5. The molecule has 2 aromatic rings. The zero-order chi connectivity index (χ0) is 22.1. The van der Waals surface area contributed by atoms with E-state index in [1.807, 2.05) is 24.3 Å². The van der Waals surface area contributed by atoms with Gasteiger partial charge in [0.15, 0.2) is 6.61 Å². The zero-order valence-electron chi connectivity index (χ0n) is 16.8.